The van der Waals surface area contributed by atoms with Crippen LogP contribution in [-0.4, -0.2) is 98.3 Å². The van der Waals surface area contributed by atoms with Gasteiger partial charge >= 0.3 is 19.8 Å². The van der Waals surface area contributed by atoms with Crippen LogP contribution in [0, 0.1) is 0 Å². The third-order valence-electron chi connectivity index (χ3n) is 12.6. The van der Waals surface area contributed by atoms with Gasteiger partial charge in [0.2, 0.25) is 0 Å². The largest absolute Gasteiger partial charge is 0.472 e. The first-order valence-corrected chi connectivity index (χ1v) is 28.0. The van der Waals surface area contributed by atoms with Crippen molar-refractivity contribution < 1.29 is 63.1 Å². The number of unbranched alkanes of at least 4 members (excludes halogenated alkanes) is 31. The molecule has 14 heteroatoms. The lowest BCUT2D eigenvalue weighted by molar-refractivity contribution is -0.220. The SMILES string of the molecule is CCCCCC/C=C/CCCCCCCCCCCC(=O)OC[C@H](COP(=O)(O)OC1C(O)C(O)C(O)[C@@H](O)C1O)OC(=O)CCCCCCCCCCCCCCCCCCCCC. The van der Waals surface area contributed by atoms with Gasteiger partial charge in [0.15, 0.2) is 6.10 Å². The molecule has 0 aliphatic heterocycles. The molecule has 6 N–H and O–H groups in total. The Morgan fingerprint density at radius 2 is 0.785 bits per heavy atom. The van der Waals surface area contributed by atoms with Gasteiger partial charge in [0.1, 0.15) is 43.2 Å². The molecular weight excluding hydrogens is 852 g/mol. The molecule has 0 bridgehead atoms. The summed E-state index contributed by atoms with van der Waals surface area (Å²) in [6.07, 6.45) is 32.5. The summed E-state index contributed by atoms with van der Waals surface area (Å²) >= 11 is 0. The minimum Gasteiger partial charge on any atom is -0.462 e. The van der Waals surface area contributed by atoms with Gasteiger partial charge in [-0.1, -0.05) is 206 Å². The van der Waals surface area contributed by atoms with E-state index in [1.807, 2.05) is 0 Å². The molecule has 1 aliphatic rings. The first-order chi connectivity index (χ1) is 31.4. The molecule has 8 atom stereocenters. The van der Waals surface area contributed by atoms with Gasteiger partial charge in [0, 0.05) is 12.8 Å². The fourth-order valence-corrected chi connectivity index (χ4v) is 9.32. The van der Waals surface area contributed by atoms with E-state index in [1.54, 1.807) is 0 Å². The average molecular weight is 949 g/mol. The van der Waals surface area contributed by atoms with Crippen LogP contribution in [0.15, 0.2) is 12.2 Å². The van der Waals surface area contributed by atoms with E-state index >= 15 is 0 Å². The summed E-state index contributed by atoms with van der Waals surface area (Å²) in [4.78, 5) is 35.9. The first-order valence-electron chi connectivity index (χ1n) is 26.5. The number of hydrogen-bond donors (Lipinski definition) is 6. The molecule has 65 heavy (non-hydrogen) atoms. The molecule has 0 saturated heterocycles. The average Bonchev–Trinajstić information content (AvgIpc) is 3.29. The maximum Gasteiger partial charge on any atom is 0.472 e. The van der Waals surface area contributed by atoms with Crippen LogP contribution in [-0.2, 0) is 32.7 Å². The first kappa shape index (κ1) is 61.6. The van der Waals surface area contributed by atoms with Crippen LogP contribution >= 0.6 is 7.82 Å². The molecule has 0 radical (unpaired) electrons. The second-order valence-electron chi connectivity index (χ2n) is 18.7. The normalized spacial score (nSPS) is 21.4. The smallest absolute Gasteiger partial charge is 0.462 e. The lowest BCUT2D eigenvalue weighted by Gasteiger charge is -2.41. The van der Waals surface area contributed by atoms with Crippen molar-refractivity contribution >= 4 is 19.8 Å². The highest BCUT2D eigenvalue weighted by Crippen LogP contribution is 2.47. The van der Waals surface area contributed by atoms with Crippen LogP contribution in [0.2, 0.25) is 0 Å². The zero-order valence-corrected chi connectivity index (χ0v) is 41.9. The molecule has 1 saturated carbocycles. The van der Waals surface area contributed by atoms with Crippen LogP contribution in [0.5, 0.6) is 0 Å². The van der Waals surface area contributed by atoms with Gasteiger partial charge in [-0.2, -0.15) is 0 Å². The van der Waals surface area contributed by atoms with E-state index < -0.39 is 75.7 Å². The Bertz CT molecular complexity index is 1190. The number of ether oxygens (including phenoxy) is 2. The van der Waals surface area contributed by atoms with Crippen LogP contribution in [0.4, 0.5) is 0 Å². The molecule has 13 nitrogen and oxygen atoms in total. The third-order valence-corrected chi connectivity index (χ3v) is 13.6. The van der Waals surface area contributed by atoms with E-state index in [1.165, 1.54) is 161 Å². The molecule has 0 amide bonds. The maximum atomic E-state index is 12.9. The molecule has 6 unspecified atom stereocenters. The number of allylic oxidation sites excluding steroid dienone is 2. The van der Waals surface area contributed by atoms with E-state index in [0.29, 0.717) is 12.8 Å². The predicted octanol–water partition coefficient (Wildman–Crippen LogP) is 11.4. The number of rotatable bonds is 45. The fourth-order valence-electron chi connectivity index (χ4n) is 8.34. The molecule has 1 fully saturated rings. The van der Waals surface area contributed by atoms with Crippen molar-refractivity contribution in [3.8, 4) is 0 Å². The summed E-state index contributed by atoms with van der Waals surface area (Å²) in [7, 11) is -5.12. The molecule has 0 aromatic rings. The van der Waals surface area contributed by atoms with Gasteiger partial charge < -0.3 is 39.9 Å². The lowest BCUT2D eigenvalue weighted by Crippen LogP contribution is -2.64. The molecule has 384 valence electrons. The number of hydrogen-bond acceptors (Lipinski definition) is 12. The third kappa shape index (κ3) is 33.7. The monoisotopic (exact) mass is 949 g/mol. The van der Waals surface area contributed by atoms with E-state index in [2.05, 4.69) is 26.0 Å². The molecule has 0 aromatic carbocycles. The molecule has 0 heterocycles. The number of phosphoric ester groups is 1. The Hall–Kier alpha value is -1.41. The van der Waals surface area contributed by atoms with E-state index in [4.69, 9.17) is 18.5 Å². The highest BCUT2D eigenvalue weighted by atomic mass is 31.2. The van der Waals surface area contributed by atoms with Crippen LogP contribution in [0.25, 0.3) is 0 Å². The fraction of sp³-hybridized carbons (Fsp3) is 0.922. The molecular formula is C51H97O13P. The zero-order valence-electron chi connectivity index (χ0n) is 41.1. The quantitative estimate of drug-likeness (QED) is 0.0145. The van der Waals surface area contributed by atoms with Crippen molar-refractivity contribution in [3.05, 3.63) is 12.2 Å². The lowest BCUT2D eigenvalue weighted by atomic mass is 9.85. The minimum absolute atomic E-state index is 0.103. The van der Waals surface area contributed by atoms with Crippen molar-refractivity contribution in [3.63, 3.8) is 0 Å². The standard InChI is InChI=1S/C51H97O13P/c1-3-5-7-9-11-13-15-17-19-21-22-24-26-28-30-32-34-36-38-40-45(53)63-43(42-62-65(59,60)64-51-49(57)47(55)46(54)48(56)50(51)58)41-61-44(52)39-37-35-33-31-29-27-25-23-20-18-16-14-12-10-8-6-4-2/h14,16,43,46-51,54-58H,3-13,15,17-42H2,1-2H3,(H,59,60)/b16-14+/t43-,46?,47-,48?,49?,50?,51?/m1/s1. The number of aliphatic hydroxyl groups excluding tert-OH is 5. The zero-order chi connectivity index (χ0) is 47.8. The number of phosphoric acid groups is 1. The van der Waals surface area contributed by atoms with Crippen molar-refractivity contribution in [1.29, 1.82) is 0 Å². The summed E-state index contributed by atoms with van der Waals surface area (Å²) in [5, 5.41) is 50.3. The Labute approximate surface area is 394 Å². The molecule has 0 aromatic heterocycles. The summed E-state index contributed by atoms with van der Waals surface area (Å²) < 4.78 is 33.7. The molecule has 0 spiro atoms. The van der Waals surface area contributed by atoms with Crippen molar-refractivity contribution in [2.45, 2.75) is 288 Å². The topological polar surface area (TPSA) is 210 Å². The van der Waals surface area contributed by atoms with Gasteiger partial charge in [-0.15, -0.1) is 0 Å². The molecule has 1 rings (SSSR count). The highest BCUT2D eigenvalue weighted by molar-refractivity contribution is 7.47. The van der Waals surface area contributed by atoms with Crippen LogP contribution in [0.3, 0.4) is 0 Å². The number of aliphatic hydroxyl groups is 5. The molecule has 1 aliphatic carbocycles. The summed E-state index contributed by atoms with van der Waals surface area (Å²) in [5.41, 5.74) is 0. The number of carbonyl (C=O) groups is 2. The Morgan fingerprint density at radius 3 is 1.18 bits per heavy atom. The Morgan fingerprint density at radius 1 is 0.462 bits per heavy atom. The van der Waals surface area contributed by atoms with E-state index in [9.17, 15) is 44.6 Å². The van der Waals surface area contributed by atoms with Crippen molar-refractivity contribution in [2.24, 2.45) is 0 Å². The van der Waals surface area contributed by atoms with Crippen LogP contribution in [0.1, 0.15) is 245 Å². The number of carbonyl (C=O) groups excluding carboxylic acids is 2. The summed E-state index contributed by atoms with van der Waals surface area (Å²) in [5.74, 6) is -1.09. The summed E-state index contributed by atoms with van der Waals surface area (Å²) in [6.45, 7) is 3.33. The van der Waals surface area contributed by atoms with Crippen molar-refractivity contribution in [1.82, 2.24) is 0 Å². The van der Waals surface area contributed by atoms with Crippen molar-refractivity contribution in [2.75, 3.05) is 13.2 Å². The maximum absolute atomic E-state index is 12.9. The van der Waals surface area contributed by atoms with Crippen LogP contribution < -0.4 is 0 Å². The van der Waals surface area contributed by atoms with E-state index in [0.717, 1.165) is 44.9 Å². The Kier molecular flexibility index (Phi) is 39.4. The number of esters is 2. The van der Waals surface area contributed by atoms with Gasteiger partial charge in [-0.3, -0.25) is 18.6 Å². The minimum atomic E-state index is -5.12. The van der Waals surface area contributed by atoms with Gasteiger partial charge in [0.05, 0.1) is 6.61 Å². The Balaban J connectivity index is 2.37. The summed E-state index contributed by atoms with van der Waals surface area (Å²) in [6, 6.07) is 0. The predicted molar refractivity (Wildman–Crippen MR) is 258 cm³/mol. The van der Waals surface area contributed by atoms with Gasteiger partial charge in [-0.25, -0.2) is 4.57 Å². The second kappa shape index (κ2) is 41.6. The van der Waals surface area contributed by atoms with Gasteiger partial charge in [-0.05, 0) is 38.5 Å². The second-order valence-corrected chi connectivity index (χ2v) is 20.1. The highest BCUT2D eigenvalue weighted by Gasteiger charge is 2.51. The van der Waals surface area contributed by atoms with E-state index in [-0.39, 0.29) is 12.8 Å². The van der Waals surface area contributed by atoms with Gasteiger partial charge in [0.25, 0.3) is 0 Å².